The highest BCUT2D eigenvalue weighted by Gasteiger charge is 2.19. The Bertz CT molecular complexity index is 1590. The number of carbonyl (C=O) groups is 3. The van der Waals surface area contributed by atoms with Crippen LogP contribution in [0.5, 0.6) is 0 Å². The Morgan fingerprint density at radius 1 is 0.296 bits per heavy atom. The molecular formula is C65H102O6. The van der Waals surface area contributed by atoms with Crippen LogP contribution in [0.2, 0.25) is 0 Å². The van der Waals surface area contributed by atoms with Gasteiger partial charge in [-0.05, 0) is 135 Å². The van der Waals surface area contributed by atoms with Crippen LogP contribution in [0.3, 0.4) is 0 Å². The first-order valence-electron chi connectivity index (χ1n) is 28.3. The molecular weight excluding hydrogens is 877 g/mol. The van der Waals surface area contributed by atoms with Crippen LogP contribution in [-0.2, 0) is 28.6 Å². The van der Waals surface area contributed by atoms with E-state index in [1.54, 1.807) is 0 Å². The third kappa shape index (κ3) is 56.1. The van der Waals surface area contributed by atoms with Crippen molar-refractivity contribution in [2.45, 2.75) is 232 Å². The van der Waals surface area contributed by atoms with Gasteiger partial charge in [-0.3, -0.25) is 14.4 Å². The second-order valence-corrected chi connectivity index (χ2v) is 18.1. The first-order chi connectivity index (χ1) is 35.0. The first kappa shape index (κ1) is 66.3. The highest BCUT2D eigenvalue weighted by Crippen LogP contribution is 2.13. The highest BCUT2D eigenvalue weighted by molar-refractivity contribution is 5.71. The molecule has 0 rings (SSSR count). The summed E-state index contributed by atoms with van der Waals surface area (Å²) in [6.07, 6.45) is 82.6. The quantitative estimate of drug-likeness (QED) is 0.0262. The van der Waals surface area contributed by atoms with Crippen molar-refractivity contribution in [1.82, 2.24) is 0 Å². The number of hydrogen-bond acceptors (Lipinski definition) is 6. The fourth-order valence-corrected chi connectivity index (χ4v) is 7.12. The molecule has 1 atom stereocenters. The zero-order valence-electron chi connectivity index (χ0n) is 45.4. The lowest BCUT2D eigenvalue weighted by molar-refractivity contribution is -0.167. The van der Waals surface area contributed by atoms with Gasteiger partial charge < -0.3 is 14.2 Å². The molecule has 0 heterocycles. The van der Waals surface area contributed by atoms with Gasteiger partial charge in [-0.1, -0.05) is 218 Å². The summed E-state index contributed by atoms with van der Waals surface area (Å²) in [4.78, 5) is 38.2. The van der Waals surface area contributed by atoms with Gasteiger partial charge in [0.25, 0.3) is 0 Å². The number of unbranched alkanes of at least 4 members (excludes halogenated alkanes) is 14. The number of rotatable bonds is 49. The van der Waals surface area contributed by atoms with Crippen LogP contribution in [0.15, 0.2) is 146 Å². The highest BCUT2D eigenvalue weighted by atomic mass is 16.6. The Labute approximate surface area is 436 Å². The molecule has 0 aliphatic heterocycles. The van der Waals surface area contributed by atoms with Crippen molar-refractivity contribution in [2.75, 3.05) is 13.2 Å². The molecule has 398 valence electrons. The molecule has 0 N–H and O–H groups in total. The van der Waals surface area contributed by atoms with Crippen molar-refractivity contribution in [3.63, 3.8) is 0 Å². The van der Waals surface area contributed by atoms with Gasteiger partial charge in [-0.25, -0.2) is 0 Å². The van der Waals surface area contributed by atoms with E-state index in [1.807, 2.05) is 0 Å². The number of hydrogen-bond donors (Lipinski definition) is 0. The van der Waals surface area contributed by atoms with E-state index < -0.39 is 6.10 Å². The van der Waals surface area contributed by atoms with Crippen LogP contribution in [0, 0.1) is 0 Å². The van der Waals surface area contributed by atoms with Crippen LogP contribution >= 0.6 is 0 Å². The van der Waals surface area contributed by atoms with Crippen LogP contribution in [-0.4, -0.2) is 37.2 Å². The number of esters is 3. The Morgan fingerprint density at radius 2 is 0.563 bits per heavy atom. The summed E-state index contributed by atoms with van der Waals surface area (Å²) < 4.78 is 16.8. The molecule has 0 unspecified atom stereocenters. The maximum absolute atomic E-state index is 12.9. The summed E-state index contributed by atoms with van der Waals surface area (Å²) in [7, 11) is 0. The van der Waals surface area contributed by atoms with E-state index in [-0.39, 0.29) is 37.5 Å². The fourth-order valence-electron chi connectivity index (χ4n) is 7.12. The Kier molecular flexibility index (Phi) is 54.0. The molecule has 0 spiro atoms. The van der Waals surface area contributed by atoms with Crippen molar-refractivity contribution >= 4 is 17.9 Å². The second kappa shape index (κ2) is 57.9. The van der Waals surface area contributed by atoms with Crippen molar-refractivity contribution in [2.24, 2.45) is 0 Å². The average molecular weight is 980 g/mol. The van der Waals surface area contributed by atoms with E-state index in [4.69, 9.17) is 14.2 Å². The molecule has 0 saturated carbocycles. The lowest BCUT2D eigenvalue weighted by Gasteiger charge is -2.18. The lowest BCUT2D eigenvalue weighted by atomic mass is 10.1. The average Bonchev–Trinajstić information content (AvgIpc) is 3.37. The Morgan fingerprint density at radius 3 is 0.930 bits per heavy atom. The fraction of sp³-hybridized carbons (Fsp3) is 0.585. The molecule has 0 aromatic carbocycles. The summed E-state index contributed by atoms with van der Waals surface area (Å²) >= 11 is 0. The van der Waals surface area contributed by atoms with E-state index in [1.165, 1.54) is 44.9 Å². The molecule has 6 nitrogen and oxygen atoms in total. The predicted molar refractivity (Wildman–Crippen MR) is 306 cm³/mol. The maximum atomic E-state index is 12.9. The molecule has 0 aliphatic rings. The van der Waals surface area contributed by atoms with Crippen molar-refractivity contribution in [3.8, 4) is 0 Å². The van der Waals surface area contributed by atoms with Gasteiger partial charge in [0.1, 0.15) is 13.2 Å². The van der Waals surface area contributed by atoms with E-state index in [0.29, 0.717) is 19.3 Å². The van der Waals surface area contributed by atoms with Crippen molar-refractivity contribution in [3.05, 3.63) is 146 Å². The summed E-state index contributed by atoms with van der Waals surface area (Å²) in [5.41, 5.74) is 0. The summed E-state index contributed by atoms with van der Waals surface area (Å²) in [5, 5.41) is 0. The smallest absolute Gasteiger partial charge is 0.306 e. The molecule has 6 heteroatoms. The van der Waals surface area contributed by atoms with Gasteiger partial charge in [0, 0.05) is 19.3 Å². The van der Waals surface area contributed by atoms with E-state index in [2.05, 4.69) is 167 Å². The molecule has 0 aliphatic carbocycles. The topological polar surface area (TPSA) is 78.9 Å². The minimum absolute atomic E-state index is 0.122. The third-order valence-electron chi connectivity index (χ3n) is 11.3. The summed E-state index contributed by atoms with van der Waals surface area (Å²) in [5.74, 6) is -1.03. The lowest BCUT2D eigenvalue weighted by Crippen LogP contribution is -2.30. The normalized spacial score (nSPS) is 13.2. The molecule has 0 radical (unpaired) electrons. The van der Waals surface area contributed by atoms with Gasteiger partial charge in [-0.2, -0.15) is 0 Å². The van der Waals surface area contributed by atoms with Crippen molar-refractivity contribution in [1.29, 1.82) is 0 Å². The molecule has 0 fully saturated rings. The Hall–Kier alpha value is -4.71. The largest absolute Gasteiger partial charge is 0.462 e. The van der Waals surface area contributed by atoms with Gasteiger partial charge in [0.15, 0.2) is 6.10 Å². The predicted octanol–water partition coefficient (Wildman–Crippen LogP) is 19.2. The number of ether oxygens (including phenoxy) is 3. The first-order valence-corrected chi connectivity index (χ1v) is 28.3. The van der Waals surface area contributed by atoms with Gasteiger partial charge in [0.05, 0.1) is 0 Å². The van der Waals surface area contributed by atoms with Gasteiger partial charge >= 0.3 is 17.9 Å². The second-order valence-electron chi connectivity index (χ2n) is 18.1. The Balaban J connectivity index is 4.58. The van der Waals surface area contributed by atoms with E-state index in [9.17, 15) is 14.4 Å². The minimum atomic E-state index is -0.826. The SMILES string of the molecule is CC/C=C\C/C=C\C/C=C\C/C=C\C/C=C\CCCCCC(=O)OC[C@H](COC(=O)CCC/C=C\C/C=C\C/C=C\C/C=C\C/C=C\CC)OC(=O)CCCCCCCCC/C=C\C/C=C\CCCCC. The summed E-state index contributed by atoms with van der Waals surface area (Å²) in [6, 6.07) is 0. The minimum Gasteiger partial charge on any atom is -0.462 e. The van der Waals surface area contributed by atoms with Crippen LogP contribution in [0.4, 0.5) is 0 Å². The summed E-state index contributed by atoms with van der Waals surface area (Å²) in [6.45, 7) is 6.29. The molecule has 0 saturated heterocycles. The van der Waals surface area contributed by atoms with Gasteiger partial charge in [0.2, 0.25) is 0 Å². The zero-order valence-corrected chi connectivity index (χ0v) is 45.4. The molecule has 0 amide bonds. The number of allylic oxidation sites excluding steroid dienone is 24. The van der Waals surface area contributed by atoms with Crippen molar-refractivity contribution < 1.29 is 28.6 Å². The maximum Gasteiger partial charge on any atom is 0.306 e. The zero-order chi connectivity index (χ0) is 51.4. The monoisotopic (exact) mass is 979 g/mol. The van der Waals surface area contributed by atoms with E-state index >= 15 is 0 Å². The molecule has 0 aromatic rings. The standard InChI is InChI=1S/C65H102O6/c1-4-7-10-13-16-19-22-25-28-31-32-35-37-40-43-46-49-52-55-58-64(67)70-61-62(71-65(68)59-56-53-50-47-44-41-38-34-30-27-24-21-18-15-12-9-6-3)60-69-63(66)57-54-51-48-45-42-39-36-33-29-26-23-20-17-14-11-8-5-2/h7-8,10-11,16-21,25-30,32,35-36,39-40,43,45,48,62H,4-6,9,12-15,22-24,31,33-34,37-38,41-42,44,46-47,49-61H2,1-3H3/b10-7-,11-8-,19-16-,20-17-,21-18-,28-25-,29-26-,30-27-,35-32-,39-36-,43-40-,48-45-/t62-/m0/s1. The van der Waals surface area contributed by atoms with Gasteiger partial charge in [-0.15, -0.1) is 0 Å². The third-order valence-corrected chi connectivity index (χ3v) is 11.3. The molecule has 0 aromatic heterocycles. The molecule has 0 bridgehead atoms. The van der Waals surface area contributed by atoms with Crippen LogP contribution < -0.4 is 0 Å². The van der Waals surface area contributed by atoms with Crippen LogP contribution in [0.1, 0.15) is 226 Å². The molecule has 71 heavy (non-hydrogen) atoms. The van der Waals surface area contributed by atoms with Crippen LogP contribution in [0.25, 0.3) is 0 Å². The number of carbonyl (C=O) groups excluding carboxylic acids is 3. The van der Waals surface area contributed by atoms with E-state index in [0.717, 1.165) is 135 Å².